The number of thiazole rings is 1. The maximum Gasteiger partial charge on any atom is 0.223 e. The van der Waals surface area contributed by atoms with Gasteiger partial charge in [0.05, 0.1) is 5.01 Å². The van der Waals surface area contributed by atoms with Crippen LogP contribution in [0.15, 0.2) is 36.5 Å². The molecule has 0 unspecified atom stereocenters. The first-order valence-corrected chi connectivity index (χ1v) is 8.88. The normalized spacial score (nSPS) is 15.1. The van der Waals surface area contributed by atoms with Crippen LogP contribution in [-0.2, 0) is 17.6 Å². The van der Waals surface area contributed by atoms with E-state index in [-0.39, 0.29) is 11.8 Å². The van der Waals surface area contributed by atoms with Gasteiger partial charge in [0.25, 0.3) is 0 Å². The number of hydrogen-bond donors (Lipinski definition) is 1. The van der Waals surface area contributed by atoms with Crippen molar-refractivity contribution < 1.29 is 4.79 Å². The van der Waals surface area contributed by atoms with Gasteiger partial charge in [-0.15, -0.1) is 11.3 Å². The van der Waals surface area contributed by atoms with Gasteiger partial charge in [0, 0.05) is 36.4 Å². The Kier molecular flexibility index (Phi) is 5.22. The van der Waals surface area contributed by atoms with E-state index in [1.807, 2.05) is 12.3 Å². The van der Waals surface area contributed by atoms with Crippen LogP contribution < -0.4 is 5.32 Å². The van der Waals surface area contributed by atoms with Gasteiger partial charge in [-0.25, -0.2) is 4.98 Å². The molecule has 1 aromatic carbocycles. The van der Waals surface area contributed by atoms with Crippen LogP contribution in [0.25, 0.3) is 0 Å². The van der Waals surface area contributed by atoms with Crippen LogP contribution in [0.2, 0.25) is 0 Å². The van der Waals surface area contributed by atoms with E-state index in [4.69, 9.17) is 0 Å². The number of carbonyl (C=O) groups excluding carboxylic acids is 1. The molecule has 1 amide bonds. The third-order valence-electron chi connectivity index (χ3n) is 4.19. The number of nitrogens with zero attached hydrogens (tertiary/aromatic N) is 1. The molecular weight excluding hydrogens is 292 g/mol. The number of amides is 1. The second-order valence-corrected chi connectivity index (χ2v) is 7.10. The van der Waals surface area contributed by atoms with E-state index in [1.54, 1.807) is 11.3 Å². The molecule has 22 heavy (non-hydrogen) atoms. The first-order chi connectivity index (χ1) is 10.8. The van der Waals surface area contributed by atoms with E-state index in [9.17, 15) is 4.79 Å². The molecule has 1 saturated carbocycles. The van der Waals surface area contributed by atoms with Gasteiger partial charge in [-0.2, -0.15) is 0 Å². The zero-order valence-electron chi connectivity index (χ0n) is 12.8. The SMILES string of the molecule is O=C(NCCc1ncc(Cc2ccccc2)s1)C1CCCC1. The van der Waals surface area contributed by atoms with Gasteiger partial charge in [0.1, 0.15) is 0 Å². The van der Waals surface area contributed by atoms with Crippen LogP contribution >= 0.6 is 11.3 Å². The molecule has 116 valence electrons. The van der Waals surface area contributed by atoms with Crippen molar-refractivity contribution in [3.63, 3.8) is 0 Å². The van der Waals surface area contributed by atoms with Crippen LogP contribution in [0.1, 0.15) is 41.1 Å². The number of nitrogens with one attached hydrogen (secondary N) is 1. The van der Waals surface area contributed by atoms with E-state index in [0.29, 0.717) is 6.54 Å². The van der Waals surface area contributed by atoms with Gasteiger partial charge < -0.3 is 5.32 Å². The Morgan fingerprint density at radius 2 is 2.00 bits per heavy atom. The minimum atomic E-state index is 0.235. The van der Waals surface area contributed by atoms with Crippen molar-refractivity contribution in [2.45, 2.75) is 38.5 Å². The average molecular weight is 314 g/mol. The topological polar surface area (TPSA) is 42.0 Å². The zero-order chi connectivity index (χ0) is 15.2. The summed E-state index contributed by atoms with van der Waals surface area (Å²) < 4.78 is 0. The molecule has 4 heteroatoms. The Morgan fingerprint density at radius 1 is 1.23 bits per heavy atom. The fraction of sp³-hybridized carbons (Fsp3) is 0.444. The van der Waals surface area contributed by atoms with Crippen LogP contribution in [0.4, 0.5) is 0 Å². The quantitative estimate of drug-likeness (QED) is 0.885. The molecule has 3 rings (SSSR count). The van der Waals surface area contributed by atoms with Gasteiger partial charge in [-0.3, -0.25) is 4.79 Å². The predicted molar refractivity (Wildman–Crippen MR) is 90.0 cm³/mol. The molecule has 0 spiro atoms. The molecule has 2 aromatic rings. The Labute approximate surface area is 135 Å². The number of carbonyl (C=O) groups is 1. The molecule has 0 bridgehead atoms. The number of benzene rings is 1. The van der Waals surface area contributed by atoms with E-state index >= 15 is 0 Å². The van der Waals surface area contributed by atoms with Crippen LogP contribution in [0.3, 0.4) is 0 Å². The Hall–Kier alpha value is -1.68. The van der Waals surface area contributed by atoms with Crippen molar-refractivity contribution in [2.75, 3.05) is 6.54 Å². The van der Waals surface area contributed by atoms with Gasteiger partial charge >= 0.3 is 0 Å². The van der Waals surface area contributed by atoms with Crippen LogP contribution in [0, 0.1) is 5.92 Å². The van der Waals surface area contributed by atoms with E-state index < -0.39 is 0 Å². The summed E-state index contributed by atoms with van der Waals surface area (Å²) >= 11 is 1.75. The van der Waals surface area contributed by atoms with Crippen molar-refractivity contribution in [1.82, 2.24) is 10.3 Å². The van der Waals surface area contributed by atoms with Crippen molar-refractivity contribution in [1.29, 1.82) is 0 Å². The predicted octanol–water partition coefficient (Wildman–Crippen LogP) is 3.58. The molecule has 1 aliphatic rings. The Morgan fingerprint density at radius 3 is 2.77 bits per heavy atom. The summed E-state index contributed by atoms with van der Waals surface area (Å²) in [5, 5.41) is 4.17. The zero-order valence-corrected chi connectivity index (χ0v) is 13.6. The Bertz CT molecular complexity index is 603. The highest BCUT2D eigenvalue weighted by molar-refractivity contribution is 7.11. The monoisotopic (exact) mass is 314 g/mol. The summed E-state index contributed by atoms with van der Waals surface area (Å²) in [6.45, 7) is 0.702. The van der Waals surface area contributed by atoms with Crippen LogP contribution in [-0.4, -0.2) is 17.4 Å². The van der Waals surface area contributed by atoms with Gasteiger partial charge in [0.2, 0.25) is 5.91 Å². The summed E-state index contributed by atoms with van der Waals surface area (Å²) in [7, 11) is 0. The third kappa shape index (κ3) is 4.17. The minimum Gasteiger partial charge on any atom is -0.355 e. The molecule has 0 saturated heterocycles. The van der Waals surface area contributed by atoms with E-state index in [0.717, 1.165) is 30.7 Å². The smallest absolute Gasteiger partial charge is 0.223 e. The molecule has 1 heterocycles. The number of aromatic nitrogens is 1. The summed E-state index contributed by atoms with van der Waals surface area (Å²) in [5.41, 5.74) is 1.31. The molecule has 3 nitrogen and oxygen atoms in total. The second-order valence-electron chi connectivity index (χ2n) is 5.91. The number of hydrogen-bond acceptors (Lipinski definition) is 3. The van der Waals surface area contributed by atoms with Gasteiger partial charge in [-0.1, -0.05) is 43.2 Å². The maximum absolute atomic E-state index is 12.0. The van der Waals surface area contributed by atoms with Crippen molar-refractivity contribution >= 4 is 17.2 Å². The first kappa shape index (κ1) is 15.2. The summed E-state index contributed by atoms with van der Waals surface area (Å²) in [6, 6.07) is 10.4. The van der Waals surface area contributed by atoms with Gasteiger partial charge in [0.15, 0.2) is 0 Å². The fourth-order valence-corrected chi connectivity index (χ4v) is 3.92. The lowest BCUT2D eigenvalue weighted by Gasteiger charge is -2.09. The highest BCUT2D eigenvalue weighted by atomic mass is 32.1. The maximum atomic E-state index is 12.0. The lowest BCUT2D eigenvalue weighted by molar-refractivity contribution is -0.124. The van der Waals surface area contributed by atoms with Crippen molar-refractivity contribution in [2.24, 2.45) is 5.92 Å². The fourth-order valence-electron chi connectivity index (χ4n) is 2.97. The summed E-state index contributed by atoms with van der Waals surface area (Å²) in [5.74, 6) is 0.489. The third-order valence-corrected chi connectivity index (χ3v) is 5.24. The Balaban J connectivity index is 1.44. The van der Waals surface area contributed by atoms with Crippen LogP contribution in [0.5, 0.6) is 0 Å². The lowest BCUT2D eigenvalue weighted by Crippen LogP contribution is -2.30. The lowest BCUT2D eigenvalue weighted by atomic mass is 10.1. The summed E-state index contributed by atoms with van der Waals surface area (Å²) in [6.07, 6.45) is 8.26. The number of rotatable bonds is 6. The highest BCUT2D eigenvalue weighted by Gasteiger charge is 2.21. The second kappa shape index (κ2) is 7.54. The molecule has 0 atom stereocenters. The summed E-state index contributed by atoms with van der Waals surface area (Å²) in [4.78, 5) is 17.7. The minimum absolute atomic E-state index is 0.235. The molecule has 1 aliphatic carbocycles. The first-order valence-electron chi connectivity index (χ1n) is 8.06. The van der Waals surface area contributed by atoms with Crippen molar-refractivity contribution in [3.05, 3.63) is 52.0 Å². The molecule has 1 fully saturated rings. The molecule has 1 N–H and O–H groups in total. The molecule has 1 aromatic heterocycles. The molecule has 0 radical (unpaired) electrons. The largest absolute Gasteiger partial charge is 0.355 e. The standard InChI is InChI=1S/C18H22N2OS/c21-18(15-8-4-5-9-15)19-11-10-17-20-13-16(22-17)12-14-6-2-1-3-7-14/h1-3,6-7,13,15H,4-5,8-12H2,(H,19,21). The molecule has 0 aliphatic heterocycles. The average Bonchev–Trinajstić information content (AvgIpc) is 3.20. The van der Waals surface area contributed by atoms with E-state index in [1.165, 1.54) is 23.3 Å². The molecular formula is C18H22N2OS. The van der Waals surface area contributed by atoms with E-state index in [2.05, 4.69) is 34.6 Å². The highest BCUT2D eigenvalue weighted by Crippen LogP contribution is 2.24. The van der Waals surface area contributed by atoms with Gasteiger partial charge in [-0.05, 0) is 18.4 Å². The van der Waals surface area contributed by atoms with Crippen molar-refractivity contribution in [3.8, 4) is 0 Å².